The Labute approximate surface area is 120 Å². The van der Waals surface area contributed by atoms with Crippen molar-refractivity contribution in [1.82, 2.24) is 10.3 Å². The van der Waals surface area contributed by atoms with Gasteiger partial charge in [0.1, 0.15) is 11.5 Å². The van der Waals surface area contributed by atoms with E-state index in [1.54, 1.807) is 18.2 Å². The lowest BCUT2D eigenvalue weighted by molar-refractivity contribution is 0.0733. The first-order valence-electron chi connectivity index (χ1n) is 7.36. The Bertz CT molecular complexity index is 550. The van der Waals surface area contributed by atoms with Crippen molar-refractivity contribution in [2.24, 2.45) is 16.7 Å². The fourth-order valence-corrected chi connectivity index (χ4v) is 4.45. The monoisotopic (exact) mass is 273 g/mol. The first-order valence-corrected chi connectivity index (χ1v) is 7.36. The van der Waals surface area contributed by atoms with Crippen molar-refractivity contribution < 1.29 is 4.79 Å². The molecule has 2 fully saturated rings. The Morgan fingerprint density at radius 1 is 1.40 bits per heavy atom. The molecule has 0 saturated heterocycles. The van der Waals surface area contributed by atoms with Crippen LogP contribution in [-0.2, 0) is 0 Å². The van der Waals surface area contributed by atoms with Gasteiger partial charge in [0.2, 0.25) is 0 Å². The van der Waals surface area contributed by atoms with Crippen LogP contribution in [0.15, 0.2) is 18.2 Å². The minimum Gasteiger partial charge on any atom is -0.384 e. The van der Waals surface area contributed by atoms with E-state index in [0.717, 1.165) is 0 Å². The SMILES string of the molecule is CC12CCC(C1)C(C)(C)C2NC(=O)c1cccc(N)n1. The van der Waals surface area contributed by atoms with Crippen LogP contribution in [0, 0.1) is 16.7 Å². The number of rotatable bonds is 2. The van der Waals surface area contributed by atoms with Gasteiger partial charge in [-0.3, -0.25) is 4.79 Å². The average molecular weight is 273 g/mol. The molecule has 0 aliphatic heterocycles. The van der Waals surface area contributed by atoms with Crippen LogP contribution in [0.25, 0.3) is 0 Å². The molecule has 1 aromatic heterocycles. The van der Waals surface area contributed by atoms with E-state index in [2.05, 4.69) is 31.1 Å². The standard InChI is InChI=1S/C16H23N3O/c1-15(2)10-7-8-16(3,9-10)14(15)19-13(20)11-5-4-6-12(17)18-11/h4-6,10,14H,7-9H2,1-3H3,(H2,17,18)(H,19,20). The molecule has 0 radical (unpaired) electrons. The number of pyridine rings is 1. The molecular weight excluding hydrogens is 250 g/mol. The molecule has 2 aliphatic carbocycles. The lowest BCUT2D eigenvalue weighted by Crippen LogP contribution is -2.52. The maximum atomic E-state index is 12.4. The highest BCUT2D eigenvalue weighted by Gasteiger charge is 2.59. The summed E-state index contributed by atoms with van der Waals surface area (Å²) < 4.78 is 0. The number of aromatic nitrogens is 1. The molecule has 20 heavy (non-hydrogen) atoms. The zero-order valence-electron chi connectivity index (χ0n) is 12.4. The fraction of sp³-hybridized carbons (Fsp3) is 0.625. The summed E-state index contributed by atoms with van der Waals surface area (Å²) in [6, 6.07) is 5.39. The van der Waals surface area contributed by atoms with E-state index in [1.165, 1.54) is 19.3 Å². The van der Waals surface area contributed by atoms with Gasteiger partial charge in [0.05, 0.1) is 0 Å². The van der Waals surface area contributed by atoms with Crippen molar-refractivity contribution in [3.05, 3.63) is 23.9 Å². The normalized spacial score (nSPS) is 34.1. The van der Waals surface area contributed by atoms with Gasteiger partial charge < -0.3 is 11.1 Å². The van der Waals surface area contributed by atoms with Gasteiger partial charge in [-0.2, -0.15) is 0 Å². The van der Waals surface area contributed by atoms with Crippen LogP contribution in [0.4, 0.5) is 5.82 Å². The smallest absolute Gasteiger partial charge is 0.270 e. The zero-order valence-corrected chi connectivity index (χ0v) is 12.4. The fourth-order valence-electron chi connectivity index (χ4n) is 4.45. The molecule has 1 amide bonds. The van der Waals surface area contributed by atoms with E-state index >= 15 is 0 Å². The van der Waals surface area contributed by atoms with Gasteiger partial charge in [0.25, 0.3) is 5.91 Å². The van der Waals surface area contributed by atoms with Crippen LogP contribution >= 0.6 is 0 Å². The van der Waals surface area contributed by atoms with Gasteiger partial charge in [-0.25, -0.2) is 4.98 Å². The number of nitrogens with two attached hydrogens (primary N) is 1. The van der Waals surface area contributed by atoms with Gasteiger partial charge in [-0.15, -0.1) is 0 Å². The predicted molar refractivity (Wildman–Crippen MR) is 79.1 cm³/mol. The lowest BCUT2D eigenvalue weighted by atomic mass is 9.68. The molecule has 2 aliphatic rings. The highest BCUT2D eigenvalue weighted by molar-refractivity contribution is 5.93. The molecule has 108 valence electrons. The maximum absolute atomic E-state index is 12.4. The van der Waals surface area contributed by atoms with Gasteiger partial charge in [-0.1, -0.05) is 26.8 Å². The first-order chi connectivity index (χ1) is 9.33. The molecule has 3 rings (SSSR count). The van der Waals surface area contributed by atoms with Crippen molar-refractivity contribution in [2.75, 3.05) is 5.73 Å². The maximum Gasteiger partial charge on any atom is 0.270 e. The minimum absolute atomic E-state index is 0.107. The summed E-state index contributed by atoms with van der Waals surface area (Å²) in [5.74, 6) is 0.992. The number of hydrogen-bond donors (Lipinski definition) is 2. The van der Waals surface area contributed by atoms with E-state index in [1.807, 2.05) is 0 Å². The highest BCUT2D eigenvalue weighted by Crippen LogP contribution is 2.62. The molecule has 2 bridgehead atoms. The van der Waals surface area contributed by atoms with Crippen molar-refractivity contribution in [3.8, 4) is 0 Å². The Morgan fingerprint density at radius 2 is 2.15 bits per heavy atom. The topological polar surface area (TPSA) is 68.0 Å². The summed E-state index contributed by atoms with van der Waals surface area (Å²) in [7, 11) is 0. The van der Waals surface area contributed by atoms with Crippen molar-refractivity contribution in [2.45, 2.75) is 46.1 Å². The van der Waals surface area contributed by atoms with E-state index < -0.39 is 0 Å². The average Bonchev–Trinajstić information content (AvgIpc) is 2.85. The predicted octanol–water partition coefficient (Wildman–Crippen LogP) is 2.61. The zero-order chi connectivity index (χ0) is 14.5. The Hall–Kier alpha value is -1.58. The van der Waals surface area contributed by atoms with E-state index in [9.17, 15) is 4.79 Å². The minimum atomic E-state index is -0.107. The lowest BCUT2D eigenvalue weighted by Gasteiger charge is -2.43. The number of carbonyl (C=O) groups excluding carboxylic acids is 1. The number of amides is 1. The van der Waals surface area contributed by atoms with Crippen LogP contribution in [-0.4, -0.2) is 16.9 Å². The van der Waals surface area contributed by atoms with E-state index in [-0.39, 0.29) is 22.8 Å². The molecule has 4 nitrogen and oxygen atoms in total. The summed E-state index contributed by atoms with van der Waals surface area (Å²) >= 11 is 0. The molecular formula is C16H23N3O. The number of fused-ring (bicyclic) bond motifs is 2. The Balaban J connectivity index is 1.82. The summed E-state index contributed by atoms with van der Waals surface area (Å²) in [5, 5.41) is 3.23. The number of hydrogen-bond acceptors (Lipinski definition) is 3. The van der Waals surface area contributed by atoms with Crippen molar-refractivity contribution in [3.63, 3.8) is 0 Å². The summed E-state index contributed by atoms with van der Waals surface area (Å²) in [4.78, 5) is 16.5. The third-order valence-corrected chi connectivity index (χ3v) is 5.55. The largest absolute Gasteiger partial charge is 0.384 e. The number of anilines is 1. The first kappa shape index (κ1) is 13.4. The van der Waals surface area contributed by atoms with E-state index in [0.29, 0.717) is 17.4 Å². The Kier molecular flexibility index (Phi) is 2.82. The second kappa shape index (κ2) is 4.21. The second-order valence-corrected chi connectivity index (χ2v) is 7.27. The highest BCUT2D eigenvalue weighted by atomic mass is 16.2. The molecule has 3 unspecified atom stereocenters. The molecule has 1 aromatic rings. The quantitative estimate of drug-likeness (QED) is 0.870. The van der Waals surface area contributed by atoms with Gasteiger partial charge in [-0.05, 0) is 48.1 Å². The van der Waals surface area contributed by atoms with Gasteiger partial charge >= 0.3 is 0 Å². The number of nitrogen functional groups attached to an aromatic ring is 1. The van der Waals surface area contributed by atoms with Crippen LogP contribution < -0.4 is 11.1 Å². The number of nitrogens with one attached hydrogen (secondary N) is 1. The Morgan fingerprint density at radius 3 is 2.75 bits per heavy atom. The van der Waals surface area contributed by atoms with Crippen molar-refractivity contribution in [1.29, 1.82) is 0 Å². The number of carbonyl (C=O) groups is 1. The molecule has 4 heteroatoms. The van der Waals surface area contributed by atoms with Crippen LogP contribution in [0.3, 0.4) is 0 Å². The van der Waals surface area contributed by atoms with Crippen LogP contribution in [0.2, 0.25) is 0 Å². The molecule has 3 atom stereocenters. The summed E-state index contributed by atoms with van der Waals surface area (Å²) in [6.45, 7) is 6.86. The summed E-state index contributed by atoms with van der Waals surface area (Å²) in [5.41, 5.74) is 6.44. The molecule has 1 heterocycles. The number of nitrogens with zero attached hydrogens (tertiary/aromatic N) is 1. The third-order valence-electron chi connectivity index (χ3n) is 5.55. The molecule has 3 N–H and O–H groups in total. The molecule has 0 spiro atoms. The van der Waals surface area contributed by atoms with Gasteiger partial charge in [0, 0.05) is 6.04 Å². The van der Waals surface area contributed by atoms with E-state index in [4.69, 9.17) is 5.73 Å². The molecule has 2 saturated carbocycles. The molecule has 0 aromatic carbocycles. The van der Waals surface area contributed by atoms with Crippen molar-refractivity contribution >= 4 is 11.7 Å². The van der Waals surface area contributed by atoms with Crippen LogP contribution in [0.1, 0.15) is 50.5 Å². The third kappa shape index (κ3) is 1.89. The van der Waals surface area contributed by atoms with Gasteiger partial charge in [0.15, 0.2) is 0 Å². The van der Waals surface area contributed by atoms with Crippen LogP contribution in [0.5, 0.6) is 0 Å². The second-order valence-electron chi connectivity index (χ2n) is 7.27. The summed E-state index contributed by atoms with van der Waals surface area (Å²) in [6.07, 6.45) is 3.71.